The standard InChI is InChI=1S/C12H19N3O3/c1-9-10(7-12(16)17-2)11(14-13-9)8-15-3-5-18-6-4-15/h7,11,14H,3-6,8H2,1-2H3/b10-7+. The lowest BCUT2D eigenvalue weighted by atomic mass is 10.0. The summed E-state index contributed by atoms with van der Waals surface area (Å²) in [4.78, 5) is 13.6. The first-order valence-electron chi connectivity index (χ1n) is 6.10. The number of rotatable bonds is 3. The van der Waals surface area contributed by atoms with Crippen LogP contribution in [0.15, 0.2) is 16.8 Å². The SMILES string of the molecule is COC(=O)/C=C1\C(C)=NNC1CN1CCOCC1. The second kappa shape index (κ2) is 5.97. The molecule has 0 amide bonds. The van der Waals surface area contributed by atoms with Gasteiger partial charge in [-0.2, -0.15) is 5.10 Å². The third-order valence-corrected chi connectivity index (χ3v) is 3.20. The molecule has 1 unspecified atom stereocenters. The molecule has 1 atom stereocenters. The van der Waals surface area contributed by atoms with Crippen molar-refractivity contribution >= 4 is 11.7 Å². The second-order valence-corrected chi connectivity index (χ2v) is 4.41. The minimum absolute atomic E-state index is 0.0576. The topological polar surface area (TPSA) is 63.2 Å². The van der Waals surface area contributed by atoms with Crippen molar-refractivity contribution in [2.75, 3.05) is 40.0 Å². The van der Waals surface area contributed by atoms with Gasteiger partial charge in [-0.15, -0.1) is 0 Å². The van der Waals surface area contributed by atoms with E-state index < -0.39 is 0 Å². The molecule has 100 valence electrons. The van der Waals surface area contributed by atoms with Crippen LogP contribution in [0.25, 0.3) is 0 Å². The third kappa shape index (κ3) is 3.08. The van der Waals surface area contributed by atoms with E-state index in [4.69, 9.17) is 4.74 Å². The summed E-state index contributed by atoms with van der Waals surface area (Å²) >= 11 is 0. The van der Waals surface area contributed by atoms with Gasteiger partial charge in [0.1, 0.15) is 0 Å². The van der Waals surface area contributed by atoms with Gasteiger partial charge in [-0.25, -0.2) is 4.79 Å². The summed E-state index contributed by atoms with van der Waals surface area (Å²) in [5.41, 5.74) is 4.82. The van der Waals surface area contributed by atoms with Crippen molar-refractivity contribution in [2.24, 2.45) is 5.10 Å². The smallest absolute Gasteiger partial charge is 0.330 e. The van der Waals surface area contributed by atoms with E-state index in [9.17, 15) is 4.79 Å². The molecule has 0 aromatic carbocycles. The molecule has 0 aromatic rings. The van der Waals surface area contributed by atoms with E-state index in [2.05, 4.69) is 20.2 Å². The van der Waals surface area contributed by atoms with E-state index in [1.165, 1.54) is 13.2 Å². The molecule has 0 spiro atoms. The third-order valence-electron chi connectivity index (χ3n) is 3.20. The van der Waals surface area contributed by atoms with E-state index in [-0.39, 0.29) is 12.0 Å². The number of nitrogens with zero attached hydrogens (tertiary/aromatic N) is 2. The Labute approximate surface area is 107 Å². The van der Waals surface area contributed by atoms with Crippen molar-refractivity contribution in [1.82, 2.24) is 10.3 Å². The Hall–Kier alpha value is -1.40. The van der Waals surface area contributed by atoms with Crippen molar-refractivity contribution in [2.45, 2.75) is 13.0 Å². The van der Waals surface area contributed by atoms with Crippen LogP contribution in [0.4, 0.5) is 0 Å². The summed E-state index contributed by atoms with van der Waals surface area (Å²) in [6.45, 7) is 6.09. The fourth-order valence-corrected chi connectivity index (χ4v) is 2.13. The van der Waals surface area contributed by atoms with Crippen LogP contribution in [-0.2, 0) is 14.3 Å². The van der Waals surface area contributed by atoms with Crippen LogP contribution < -0.4 is 5.43 Å². The molecule has 2 aliphatic rings. The van der Waals surface area contributed by atoms with Crippen molar-refractivity contribution in [3.05, 3.63) is 11.6 Å². The maximum atomic E-state index is 11.3. The monoisotopic (exact) mass is 253 g/mol. The lowest BCUT2D eigenvalue weighted by molar-refractivity contribution is -0.134. The number of carbonyl (C=O) groups is 1. The number of hydrogen-bond donors (Lipinski definition) is 1. The average molecular weight is 253 g/mol. The summed E-state index contributed by atoms with van der Waals surface area (Å²) in [6.07, 6.45) is 1.52. The normalized spacial score (nSPS) is 26.9. The largest absolute Gasteiger partial charge is 0.466 e. The van der Waals surface area contributed by atoms with Crippen molar-refractivity contribution in [3.63, 3.8) is 0 Å². The van der Waals surface area contributed by atoms with Crippen LogP contribution in [0.5, 0.6) is 0 Å². The van der Waals surface area contributed by atoms with Gasteiger partial charge in [0.15, 0.2) is 0 Å². The molecule has 6 heteroatoms. The highest BCUT2D eigenvalue weighted by Crippen LogP contribution is 2.14. The molecule has 1 N–H and O–H groups in total. The number of hydrogen-bond acceptors (Lipinski definition) is 6. The summed E-state index contributed by atoms with van der Waals surface area (Å²) in [6, 6.07) is 0.0576. The van der Waals surface area contributed by atoms with Gasteiger partial charge in [0, 0.05) is 31.3 Å². The van der Waals surface area contributed by atoms with E-state index in [1.807, 2.05) is 6.92 Å². The Balaban J connectivity index is 1.99. The fourth-order valence-electron chi connectivity index (χ4n) is 2.13. The zero-order valence-corrected chi connectivity index (χ0v) is 10.8. The van der Waals surface area contributed by atoms with Crippen LogP contribution in [0.3, 0.4) is 0 Å². The highest BCUT2D eigenvalue weighted by Gasteiger charge is 2.26. The number of hydrazone groups is 1. The van der Waals surface area contributed by atoms with Crippen LogP contribution in [0, 0.1) is 0 Å². The predicted molar refractivity (Wildman–Crippen MR) is 67.4 cm³/mol. The van der Waals surface area contributed by atoms with Crippen LogP contribution in [0.2, 0.25) is 0 Å². The molecule has 2 aliphatic heterocycles. The number of methoxy groups -OCH3 is 1. The molecule has 0 radical (unpaired) electrons. The minimum Gasteiger partial charge on any atom is -0.466 e. The summed E-state index contributed by atoms with van der Waals surface area (Å²) in [7, 11) is 1.38. The zero-order valence-electron chi connectivity index (χ0n) is 10.8. The van der Waals surface area contributed by atoms with Crippen LogP contribution in [-0.4, -0.2) is 62.6 Å². The summed E-state index contributed by atoms with van der Waals surface area (Å²) < 4.78 is 9.98. The number of ether oxygens (including phenoxy) is 2. The van der Waals surface area contributed by atoms with Gasteiger partial charge in [0.2, 0.25) is 0 Å². The van der Waals surface area contributed by atoms with E-state index >= 15 is 0 Å². The van der Waals surface area contributed by atoms with Crippen LogP contribution in [0.1, 0.15) is 6.92 Å². The molecule has 1 fully saturated rings. The average Bonchev–Trinajstić information content (AvgIpc) is 2.72. The van der Waals surface area contributed by atoms with Crippen molar-refractivity contribution in [3.8, 4) is 0 Å². The molecular formula is C12H19N3O3. The van der Waals surface area contributed by atoms with Crippen molar-refractivity contribution in [1.29, 1.82) is 0 Å². The number of morpholine rings is 1. The van der Waals surface area contributed by atoms with Gasteiger partial charge in [0.25, 0.3) is 0 Å². The van der Waals surface area contributed by atoms with Crippen LogP contribution >= 0.6 is 0 Å². The quantitative estimate of drug-likeness (QED) is 0.556. The minimum atomic E-state index is -0.338. The predicted octanol–water partition coefficient (Wildman–Crippen LogP) is -0.234. The highest BCUT2D eigenvalue weighted by molar-refractivity contribution is 6.05. The lowest BCUT2D eigenvalue weighted by Crippen LogP contribution is -2.44. The zero-order chi connectivity index (χ0) is 13.0. The van der Waals surface area contributed by atoms with Gasteiger partial charge in [-0.1, -0.05) is 0 Å². The molecule has 0 bridgehead atoms. The summed E-state index contributed by atoms with van der Waals surface area (Å²) in [5.74, 6) is -0.338. The van der Waals surface area contributed by atoms with Crippen molar-refractivity contribution < 1.29 is 14.3 Å². The fraction of sp³-hybridized carbons (Fsp3) is 0.667. The Morgan fingerprint density at radius 3 is 3.00 bits per heavy atom. The highest BCUT2D eigenvalue weighted by atomic mass is 16.5. The number of carbonyl (C=O) groups excluding carboxylic acids is 1. The maximum Gasteiger partial charge on any atom is 0.330 e. The van der Waals surface area contributed by atoms with Gasteiger partial charge in [-0.05, 0) is 6.92 Å². The van der Waals surface area contributed by atoms with Gasteiger partial charge < -0.3 is 14.9 Å². The van der Waals surface area contributed by atoms with E-state index in [0.29, 0.717) is 0 Å². The Morgan fingerprint density at radius 1 is 1.61 bits per heavy atom. The molecule has 2 rings (SSSR count). The first-order chi connectivity index (χ1) is 8.70. The Morgan fingerprint density at radius 2 is 2.33 bits per heavy atom. The molecule has 0 aromatic heterocycles. The van der Waals surface area contributed by atoms with Gasteiger partial charge >= 0.3 is 5.97 Å². The van der Waals surface area contributed by atoms with E-state index in [0.717, 1.165) is 44.1 Å². The Bertz CT molecular complexity index is 373. The number of esters is 1. The first kappa shape index (κ1) is 13.0. The molecule has 18 heavy (non-hydrogen) atoms. The molecule has 1 saturated heterocycles. The Kier molecular flexibility index (Phi) is 4.33. The molecule has 6 nitrogen and oxygen atoms in total. The molecule has 2 heterocycles. The summed E-state index contributed by atoms with van der Waals surface area (Å²) in [5, 5.41) is 4.18. The van der Waals surface area contributed by atoms with Gasteiger partial charge in [0.05, 0.1) is 32.1 Å². The molecular weight excluding hydrogens is 234 g/mol. The van der Waals surface area contributed by atoms with Gasteiger partial charge in [-0.3, -0.25) is 4.90 Å². The van der Waals surface area contributed by atoms with E-state index in [1.54, 1.807) is 0 Å². The molecule has 0 aliphatic carbocycles. The molecule has 0 saturated carbocycles. The lowest BCUT2D eigenvalue weighted by Gasteiger charge is -2.29. The second-order valence-electron chi connectivity index (χ2n) is 4.41. The maximum absolute atomic E-state index is 11.3. The first-order valence-corrected chi connectivity index (χ1v) is 6.10. The number of nitrogens with one attached hydrogen (secondary N) is 1.